The van der Waals surface area contributed by atoms with E-state index in [1.807, 2.05) is 0 Å². The molecule has 0 amide bonds. The zero-order chi connectivity index (χ0) is 13.9. The van der Waals surface area contributed by atoms with Crippen molar-refractivity contribution in [2.75, 3.05) is 20.1 Å². The van der Waals surface area contributed by atoms with Crippen molar-refractivity contribution < 1.29 is 17.2 Å². The molecule has 1 rings (SSSR count). The molecule has 0 saturated heterocycles. The second-order valence-electron chi connectivity index (χ2n) is 3.67. The first-order valence-electron chi connectivity index (χ1n) is 5.11. The maximum atomic E-state index is 13.6. The molecule has 0 spiro atoms. The van der Waals surface area contributed by atoms with E-state index in [1.54, 1.807) is 0 Å². The molecule has 0 aliphatic rings. The Bertz CT molecular complexity index is 514. The summed E-state index contributed by atoms with van der Waals surface area (Å²) in [5.41, 5.74) is 5.28. The lowest BCUT2D eigenvalue weighted by Gasteiger charge is -2.18. The second kappa shape index (κ2) is 6.05. The van der Waals surface area contributed by atoms with Gasteiger partial charge in [-0.05, 0) is 35.0 Å². The van der Waals surface area contributed by atoms with Crippen molar-refractivity contribution in [1.82, 2.24) is 4.31 Å². The highest BCUT2D eigenvalue weighted by Gasteiger charge is 2.27. The number of halogens is 3. The zero-order valence-corrected chi connectivity index (χ0v) is 12.1. The molecule has 1 aromatic carbocycles. The van der Waals surface area contributed by atoms with E-state index >= 15 is 0 Å². The van der Waals surface area contributed by atoms with Gasteiger partial charge in [0.15, 0.2) is 0 Å². The second-order valence-corrected chi connectivity index (χ2v) is 6.50. The van der Waals surface area contributed by atoms with E-state index < -0.39 is 26.6 Å². The number of nitrogens with two attached hydrogens (primary N) is 1. The Balaban J connectivity index is 3.20. The lowest BCUT2D eigenvalue weighted by atomic mass is 10.3. The number of benzene rings is 1. The maximum absolute atomic E-state index is 13.6. The van der Waals surface area contributed by atoms with Crippen molar-refractivity contribution in [1.29, 1.82) is 0 Å². The van der Waals surface area contributed by atoms with Gasteiger partial charge in [0.25, 0.3) is 0 Å². The van der Waals surface area contributed by atoms with Crippen LogP contribution in [0, 0.1) is 11.6 Å². The molecule has 0 saturated carbocycles. The van der Waals surface area contributed by atoms with E-state index in [0.717, 1.165) is 10.4 Å². The molecular weight excluding hydrogens is 330 g/mol. The lowest BCUT2D eigenvalue weighted by molar-refractivity contribution is 0.455. The topological polar surface area (TPSA) is 63.4 Å². The maximum Gasteiger partial charge on any atom is 0.246 e. The summed E-state index contributed by atoms with van der Waals surface area (Å²) in [5.74, 6) is -1.97. The van der Waals surface area contributed by atoms with Crippen LogP contribution in [-0.2, 0) is 10.0 Å². The highest BCUT2D eigenvalue weighted by atomic mass is 79.9. The van der Waals surface area contributed by atoms with Gasteiger partial charge in [0.2, 0.25) is 10.0 Å². The molecule has 0 fully saturated rings. The van der Waals surface area contributed by atoms with Gasteiger partial charge in [0.1, 0.15) is 16.5 Å². The number of sulfonamides is 1. The van der Waals surface area contributed by atoms with Gasteiger partial charge in [-0.25, -0.2) is 21.5 Å². The molecule has 0 atom stereocenters. The Morgan fingerprint density at radius 2 is 2.00 bits per heavy atom. The molecule has 102 valence electrons. The van der Waals surface area contributed by atoms with Crippen LogP contribution in [-0.4, -0.2) is 32.9 Å². The first kappa shape index (κ1) is 15.5. The monoisotopic (exact) mass is 342 g/mol. The van der Waals surface area contributed by atoms with Crippen LogP contribution < -0.4 is 5.73 Å². The molecule has 2 N–H and O–H groups in total. The number of hydrogen-bond donors (Lipinski definition) is 1. The standard InChI is InChI=1S/C10H13BrF2N2O2S/c1-15(4-2-3-14)18(16,17)10-8(11)5-7(12)6-9(10)13/h5-6H,2-4,14H2,1H3. The summed E-state index contributed by atoms with van der Waals surface area (Å²) in [4.78, 5) is -0.566. The summed E-state index contributed by atoms with van der Waals surface area (Å²) < 4.78 is 51.5. The zero-order valence-electron chi connectivity index (χ0n) is 9.66. The number of nitrogens with zero attached hydrogens (tertiary/aromatic N) is 1. The third-order valence-corrected chi connectivity index (χ3v) is 5.13. The lowest BCUT2D eigenvalue weighted by Crippen LogP contribution is -2.30. The third-order valence-electron chi connectivity index (χ3n) is 2.31. The Morgan fingerprint density at radius 3 is 2.50 bits per heavy atom. The summed E-state index contributed by atoms with van der Waals surface area (Å²) >= 11 is 2.86. The van der Waals surface area contributed by atoms with E-state index in [9.17, 15) is 17.2 Å². The highest BCUT2D eigenvalue weighted by Crippen LogP contribution is 2.28. The minimum atomic E-state index is -4.00. The van der Waals surface area contributed by atoms with Crippen LogP contribution in [0.5, 0.6) is 0 Å². The normalized spacial score (nSPS) is 12.1. The van der Waals surface area contributed by atoms with Crippen molar-refractivity contribution in [2.45, 2.75) is 11.3 Å². The van der Waals surface area contributed by atoms with E-state index in [1.165, 1.54) is 7.05 Å². The van der Waals surface area contributed by atoms with E-state index in [-0.39, 0.29) is 11.0 Å². The van der Waals surface area contributed by atoms with E-state index in [4.69, 9.17) is 5.73 Å². The predicted octanol–water partition coefficient (Wildman–Crippen LogP) is 1.70. The van der Waals surface area contributed by atoms with Gasteiger partial charge in [-0.1, -0.05) is 0 Å². The summed E-state index contributed by atoms with van der Waals surface area (Å²) in [6.45, 7) is 0.495. The van der Waals surface area contributed by atoms with Crippen molar-refractivity contribution in [3.8, 4) is 0 Å². The van der Waals surface area contributed by atoms with Crippen molar-refractivity contribution in [3.63, 3.8) is 0 Å². The summed E-state index contributed by atoms with van der Waals surface area (Å²) in [7, 11) is -2.68. The highest BCUT2D eigenvalue weighted by molar-refractivity contribution is 9.10. The van der Waals surface area contributed by atoms with Gasteiger partial charge in [0, 0.05) is 24.1 Å². The molecule has 0 unspecified atom stereocenters. The van der Waals surface area contributed by atoms with Gasteiger partial charge < -0.3 is 5.73 Å². The van der Waals surface area contributed by atoms with E-state index in [2.05, 4.69) is 15.9 Å². The van der Waals surface area contributed by atoms with Crippen LogP contribution in [0.1, 0.15) is 6.42 Å². The minimum absolute atomic E-state index is 0.139. The third kappa shape index (κ3) is 3.25. The number of rotatable bonds is 5. The summed E-state index contributed by atoms with van der Waals surface area (Å²) in [5, 5.41) is 0. The van der Waals surface area contributed by atoms with Crippen LogP contribution in [0.25, 0.3) is 0 Å². The van der Waals surface area contributed by atoms with Crippen LogP contribution in [0.4, 0.5) is 8.78 Å². The predicted molar refractivity (Wildman–Crippen MR) is 67.5 cm³/mol. The molecule has 1 aromatic rings. The smallest absolute Gasteiger partial charge is 0.246 e. The minimum Gasteiger partial charge on any atom is -0.330 e. The molecule has 18 heavy (non-hydrogen) atoms. The fourth-order valence-corrected chi connectivity index (χ4v) is 3.68. The van der Waals surface area contributed by atoms with Crippen molar-refractivity contribution >= 4 is 26.0 Å². The van der Waals surface area contributed by atoms with Gasteiger partial charge >= 0.3 is 0 Å². The Morgan fingerprint density at radius 1 is 1.39 bits per heavy atom. The quantitative estimate of drug-likeness (QED) is 0.885. The Hall–Kier alpha value is -0.570. The molecule has 0 aromatic heterocycles. The van der Waals surface area contributed by atoms with Crippen LogP contribution >= 0.6 is 15.9 Å². The average Bonchev–Trinajstić information content (AvgIpc) is 2.23. The molecule has 0 bridgehead atoms. The van der Waals surface area contributed by atoms with Crippen LogP contribution in [0.2, 0.25) is 0 Å². The molecule has 0 radical (unpaired) electrons. The molecule has 0 aliphatic carbocycles. The van der Waals surface area contributed by atoms with Gasteiger partial charge in [-0.15, -0.1) is 0 Å². The van der Waals surface area contributed by atoms with Gasteiger partial charge in [-0.2, -0.15) is 0 Å². The van der Waals surface area contributed by atoms with Gasteiger partial charge in [-0.3, -0.25) is 0 Å². The van der Waals surface area contributed by atoms with Crippen molar-refractivity contribution in [2.24, 2.45) is 5.73 Å². The molecule has 8 heteroatoms. The van der Waals surface area contributed by atoms with Crippen molar-refractivity contribution in [3.05, 3.63) is 28.2 Å². The summed E-state index contributed by atoms with van der Waals surface area (Å²) in [6, 6.07) is 1.45. The fraction of sp³-hybridized carbons (Fsp3) is 0.400. The Labute approximate surface area is 113 Å². The fourth-order valence-electron chi connectivity index (χ4n) is 1.37. The Kier molecular flexibility index (Phi) is 5.20. The largest absolute Gasteiger partial charge is 0.330 e. The first-order chi connectivity index (χ1) is 8.30. The first-order valence-corrected chi connectivity index (χ1v) is 7.35. The van der Waals surface area contributed by atoms with Gasteiger partial charge in [0.05, 0.1) is 0 Å². The molecule has 0 aliphatic heterocycles. The van der Waals surface area contributed by atoms with E-state index in [0.29, 0.717) is 19.0 Å². The molecular formula is C10H13BrF2N2O2S. The van der Waals surface area contributed by atoms with Crippen LogP contribution in [0.3, 0.4) is 0 Å². The molecule has 0 heterocycles. The average molecular weight is 343 g/mol. The van der Waals surface area contributed by atoms with Crippen LogP contribution in [0.15, 0.2) is 21.5 Å². The number of hydrogen-bond acceptors (Lipinski definition) is 3. The summed E-state index contributed by atoms with van der Waals surface area (Å²) in [6.07, 6.45) is 0.455. The SMILES string of the molecule is CN(CCCN)S(=O)(=O)c1c(F)cc(F)cc1Br. The molecule has 4 nitrogen and oxygen atoms in total.